The number of carbonyl (C=O) groups is 1. The maximum atomic E-state index is 11.0. The number of ether oxygens (including phenoxy) is 1. The summed E-state index contributed by atoms with van der Waals surface area (Å²) in [6, 6.07) is 7.14. The Morgan fingerprint density at radius 1 is 1.33 bits per heavy atom. The molecular weight excluding hydrogens is 230 g/mol. The smallest absolute Gasteiger partial charge is 0.335 e. The van der Waals surface area contributed by atoms with Crippen molar-refractivity contribution in [2.24, 2.45) is 0 Å². The van der Waals surface area contributed by atoms with Crippen LogP contribution in [0.15, 0.2) is 24.3 Å². The molecule has 2 N–H and O–H groups in total. The highest BCUT2D eigenvalue weighted by molar-refractivity contribution is 5.89. The first kappa shape index (κ1) is 14.7. The number of carboxylic acids is 1. The van der Waals surface area contributed by atoms with Crippen LogP contribution in [0.25, 0.3) is 0 Å². The summed E-state index contributed by atoms with van der Waals surface area (Å²) in [6.07, 6.45) is 1.71. The normalized spacial score (nSPS) is 10.5. The van der Waals surface area contributed by atoms with Gasteiger partial charge >= 0.3 is 5.97 Å². The zero-order valence-electron chi connectivity index (χ0n) is 10.8. The minimum Gasteiger partial charge on any atom is -0.478 e. The van der Waals surface area contributed by atoms with Crippen molar-refractivity contribution in [3.8, 4) is 0 Å². The van der Waals surface area contributed by atoms with Gasteiger partial charge in [-0.2, -0.15) is 0 Å². The van der Waals surface area contributed by atoms with E-state index >= 15 is 0 Å². The lowest BCUT2D eigenvalue weighted by Crippen LogP contribution is -2.20. The second-order valence-electron chi connectivity index (χ2n) is 4.01. The van der Waals surface area contributed by atoms with Crippen LogP contribution in [0.2, 0.25) is 0 Å². The third kappa shape index (κ3) is 5.29. The van der Waals surface area contributed by atoms with Gasteiger partial charge in [-0.1, -0.05) is 18.2 Å². The topological polar surface area (TPSA) is 58.6 Å². The molecule has 0 bridgehead atoms. The third-order valence-corrected chi connectivity index (χ3v) is 2.67. The SMILES string of the molecule is CCOCCCNCCc1ccccc1C(=O)O. The fourth-order valence-electron chi connectivity index (χ4n) is 1.74. The minimum atomic E-state index is -0.859. The van der Waals surface area contributed by atoms with Gasteiger partial charge in [-0.3, -0.25) is 0 Å². The predicted octanol–water partition coefficient (Wildman–Crippen LogP) is 1.94. The summed E-state index contributed by atoms with van der Waals surface area (Å²) in [5.41, 5.74) is 1.27. The molecule has 1 aromatic rings. The van der Waals surface area contributed by atoms with Crippen LogP contribution in [-0.4, -0.2) is 37.4 Å². The molecule has 0 aliphatic carbocycles. The largest absolute Gasteiger partial charge is 0.478 e. The quantitative estimate of drug-likeness (QED) is 0.659. The van der Waals surface area contributed by atoms with Crippen molar-refractivity contribution in [2.75, 3.05) is 26.3 Å². The van der Waals surface area contributed by atoms with Crippen LogP contribution in [0.1, 0.15) is 29.3 Å². The Labute approximate surface area is 108 Å². The van der Waals surface area contributed by atoms with E-state index in [0.29, 0.717) is 5.56 Å². The van der Waals surface area contributed by atoms with Crippen LogP contribution in [0, 0.1) is 0 Å². The van der Waals surface area contributed by atoms with Crippen molar-refractivity contribution >= 4 is 5.97 Å². The number of aromatic carboxylic acids is 1. The predicted molar refractivity (Wildman–Crippen MR) is 71.1 cm³/mol. The van der Waals surface area contributed by atoms with Crippen LogP contribution in [0.4, 0.5) is 0 Å². The Kier molecular flexibility index (Phi) is 7.06. The molecule has 1 rings (SSSR count). The van der Waals surface area contributed by atoms with Gasteiger partial charge < -0.3 is 15.2 Å². The lowest BCUT2D eigenvalue weighted by Gasteiger charge is -2.07. The first-order valence-electron chi connectivity index (χ1n) is 6.35. The van der Waals surface area contributed by atoms with E-state index in [9.17, 15) is 4.79 Å². The van der Waals surface area contributed by atoms with E-state index in [1.165, 1.54) is 0 Å². The summed E-state index contributed by atoms with van der Waals surface area (Å²) in [4.78, 5) is 11.0. The molecule has 0 saturated carbocycles. The number of benzene rings is 1. The fourth-order valence-corrected chi connectivity index (χ4v) is 1.74. The number of hydrogen-bond acceptors (Lipinski definition) is 3. The molecular formula is C14H21NO3. The molecule has 0 saturated heterocycles. The molecule has 100 valence electrons. The van der Waals surface area contributed by atoms with Crippen LogP contribution in [0.5, 0.6) is 0 Å². The fraction of sp³-hybridized carbons (Fsp3) is 0.500. The summed E-state index contributed by atoms with van der Waals surface area (Å²) in [5.74, 6) is -0.859. The van der Waals surface area contributed by atoms with Crippen LogP contribution >= 0.6 is 0 Å². The van der Waals surface area contributed by atoms with Gasteiger partial charge in [0, 0.05) is 13.2 Å². The molecule has 4 heteroatoms. The van der Waals surface area contributed by atoms with E-state index in [4.69, 9.17) is 9.84 Å². The molecule has 4 nitrogen and oxygen atoms in total. The summed E-state index contributed by atoms with van der Waals surface area (Å²) in [6.45, 7) is 5.20. The molecule has 1 aromatic carbocycles. The van der Waals surface area contributed by atoms with E-state index in [1.807, 2.05) is 19.1 Å². The first-order chi connectivity index (χ1) is 8.75. The zero-order valence-corrected chi connectivity index (χ0v) is 10.8. The van der Waals surface area contributed by atoms with Gasteiger partial charge in [-0.15, -0.1) is 0 Å². The second-order valence-corrected chi connectivity index (χ2v) is 4.01. The summed E-state index contributed by atoms with van der Waals surface area (Å²) >= 11 is 0. The molecule has 0 unspecified atom stereocenters. The standard InChI is InChI=1S/C14H21NO3/c1-2-18-11-5-9-15-10-8-12-6-3-4-7-13(12)14(16)17/h3-4,6-7,15H,2,5,8-11H2,1H3,(H,16,17). The highest BCUT2D eigenvalue weighted by Crippen LogP contribution is 2.08. The van der Waals surface area contributed by atoms with Gasteiger partial charge in [0.15, 0.2) is 0 Å². The number of nitrogens with one attached hydrogen (secondary N) is 1. The van der Waals surface area contributed by atoms with Crippen molar-refractivity contribution < 1.29 is 14.6 Å². The van der Waals surface area contributed by atoms with E-state index in [2.05, 4.69) is 5.32 Å². The van der Waals surface area contributed by atoms with Crippen LogP contribution < -0.4 is 5.32 Å². The number of hydrogen-bond donors (Lipinski definition) is 2. The Morgan fingerprint density at radius 3 is 2.83 bits per heavy atom. The van der Waals surface area contributed by atoms with Crippen LogP contribution in [-0.2, 0) is 11.2 Å². The molecule has 0 aliphatic heterocycles. The number of rotatable bonds is 9. The van der Waals surface area contributed by atoms with E-state index in [-0.39, 0.29) is 0 Å². The van der Waals surface area contributed by atoms with Crippen molar-refractivity contribution in [3.63, 3.8) is 0 Å². The number of carboxylic acid groups (broad SMARTS) is 1. The Balaban J connectivity index is 2.25. The van der Waals surface area contributed by atoms with Crippen molar-refractivity contribution in [1.29, 1.82) is 0 Å². The van der Waals surface area contributed by atoms with E-state index in [0.717, 1.165) is 44.7 Å². The Morgan fingerprint density at radius 2 is 2.11 bits per heavy atom. The first-order valence-corrected chi connectivity index (χ1v) is 6.35. The zero-order chi connectivity index (χ0) is 13.2. The lowest BCUT2D eigenvalue weighted by molar-refractivity contribution is 0.0695. The summed E-state index contributed by atoms with van der Waals surface area (Å²) in [7, 11) is 0. The minimum absolute atomic E-state index is 0.397. The highest BCUT2D eigenvalue weighted by Gasteiger charge is 2.07. The summed E-state index contributed by atoms with van der Waals surface area (Å²) < 4.78 is 5.23. The van der Waals surface area contributed by atoms with Gasteiger partial charge in [0.25, 0.3) is 0 Å². The van der Waals surface area contributed by atoms with Crippen molar-refractivity contribution in [3.05, 3.63) is 35.4 Å². The van der Waals surface area contributed by atoms with Crippen molar-refractivity contribution in [1.82, 2.24) is 5.32 Å². The van der Waals surface area contributed by atoms with Gasteiger partial charge in [-0.25, -0.2) is 4.79 Å². The van der Waals surface area contributed by atoms with Gasteiger partial charge in [0.1, 0.15) is 0 Å². The van der Waals surface area contributed by atoms with Gasteiger partial charge in [0.2, 0.25) is 0 Å². The van der Waals surface area contributed by atoms with Crippen LogP contribution in [0.3, 0.4) is 0 Å². The molecule has 0 aromatic heterocycles. The maximum absolute atomic E-state index is 11.0. The second kappa shape index (κ2) is 8.66. The summed E-state index contributed by atoms with van der Waals surface area (Å²) in [5, 5.41) is 12.3. The molecule has 0 radical (unpaired) electrons. The molecule has 0 amide bonds. The van der Waals surface area contributed by atoms with E-state index in [1.54, 1.807) is 12.1 Å². The Hall–Kier alpha value is -1.39. The average Bonchev–Trinajstić information content (AvgIpc) is 2.38. The third-order valence-electron chi connectivity index (χ3n) is 2.67. The monoisotopic (exact) mass is 251 g/mol. The van der Waals surface area contributed by atoms with Gasteiger partial charge in [0.05, 0.1) is 5.56 Å². The van der Waals surface area contributed by atoms with Gasteiger partial charge in [-0.05, 0) is 44.5 Å². The molecule has 0 atom stereocenters. The average molecular weight is 251 g/mol. The lowest BCUT2D eigenvalue weighted by atomic mass is 10.0. The molecule has 18 heavy (non-hydrogen) atoms. The molecule has 0 spiro atoms. The molecule has 0 aliphatic rings. The maximum Gasteiger partial charge on any atom is 0.335 e. The van der Waals surface area contributed by atoms with Crippen molar-refractivity contribution in [2.45, 2.75) is 19.8 Å². The highest BCUT2D eigenvalue weighted by atomic mass is 16.5. The molecule has 0 heterocycles. The molecule has 0 fully saturated rings. The Bertz CT molecular complexity index is 366. The van der Waals surface area contributed by atoms with E-state index < -0.39 is 5.97 Å².